The fraction of sp³-hybridized carbons (Fsp3) is 0.238. The number of aryl methyl sites for hydroxylation is 1. The van der Waals surface area contributed by atoms with Crippen molar-refractivity contribution in [3.05, 3.63) is 74.7 Å². The van der Waals surface area contributed by atoms with Crippen LogP contribution in [-0.4, -0.2) is 24.1 Å². The first kappa shape index (κ1) is 19.8. The maximum absolute atomic E-state index is 12.4. The van der Waals surface area contributed by atoms with Gasteiger partial charge in [-0.1, -0.05) is 42.4 Å². The van der Waals surface area contributed by atoms with E-state index in [9.17, 15) is 4.79 Å². The molecule has 6 nitrogen and oxygen atoms in total. The first-order valence-electron chi connectivity index (χ1n) is 9.36. The van der Waals surface area contributed by atoms with Gasteiger partial charge in [0.1, 0.15) is 5.65 Å². The maximum Gasteiger partial charge on any atom is 0.258 e. The van der Waals surface area contributed by atoms with Gasteiger partial charge in [-0.25, -0.2) is 4.98 Å². The number of pyridine rings is 1. The topological polar surface area (TPSA) is 65.1 Å². The van der Waals surface area contributed by atoms with E-state index in [4.69, 9.17) is 0 Å². The monoisotopic (exact) mass is 469 g/mol. The number of fused-ring (bicyclic) bond motifs is 1. The van der Waals surface area contributed by atoms with E-state index >= 15 is 0 Å². The fourth-order valence-electron chi connectivity index (χ4n) is 3.16. The van der Waals surface area contributed by atoms with Crippen LogP contribution >= 0.6 is 27.7 Å². The molecule has 0 atom stereocenters. The zero-order valence-electron chi connectivity index (χ0n) is 16.2. The molecule has 3 heterocycles. The van der Waals surface area contributed by atoms with Crippen LogP contribution in [0.1, 0.15) is 24.6 Å². The summed E-state index contributed by atoms with van der Waals surface area (Å²) >= 11 is 4.94. The highest BCUT2D eigenvalue weighted by Gasteiger charge is 2.15. The van der Waals surface area contributed by atoms with Crippen molar-refractivity contribution >= 4 is 33.3 Å². The molecule has 0 spiro atoms. The van der Waals surface area contributed by atoms with Gasteiger partial charge in [-0.2, -0.15) is 0 Å². The molecule has 0 aliphatic heterocycles. The van der Waals surface area contributed by atoms with E-state index < -0.39 is 0 Å². The van der Waals surface area contributed by atoms with Gasteiger partial charge in [0.05, 0.1) is 5.69 Å². The number of nitrogens with zero attached hydrogens (tertiary/aromatic N) is 5. The lowest BCUT2D eigenvalue weighted by atomic mass is 10.1. The molecule has 0 radical (unpaired) electrons. The quantitative estimate of drug-likeness (QED) is 0.382. The number of hydrogen-bond acceptors (Lipinski definition) is 5. The molecule has 148 valence electrons. The van der Waals surface area contributed by atoms with E-state index in [0.717, 1.165) is 39.7 Å². The Labute approximate surface area is 181 Å². The van der Waals surface area contributed by atoms with E-state index in [1.807, 2.05) is 18.2 Å². The molecule has 4 aromatic rings. The Kier molecular flexibility index (Phi) is 5.82. The molecule has 0 amide bonds. The largest absolute Gasteiger partial charge is 0.302 e. The van der Waals surface area contributed by atoms with Crippen molar-refractivity contribution in [2.75, 3.05) is 0 Å². The van der Waals surface area contributed by atoms with E-state index in [-0.39, 0.29) is 5.56 Å². The number of hydrogen-bond donors (Lipinski definition) is 0. The van der Waals surface area contributed by atoms with Crippen LogP contribution in [0.5, 0.6) is 0 Å². The maximum atomic E-state index is 12.4. The van der Waals surface area contributed by atoms with Crippen molar-refractivity contribution in [2.45, 2.75) is 37.7 Å². The number of thioether (sulfide) groups is 1. The molecular weight excluding hydrogens is 450 g/mol. The number of benzene rings is 1. The van der Waals surface area contributed by atoms with Crippen molar-refractivity contribution < 1.29 is 0 Å². The second-order valence-corrected chi connectivity index (χ2v) is 8.64. The lowest BCUT2D eigenvalue weighted by Gasteiger charge is -2.09. The normalized spacial score (nSPS) is 11.3. The molecule has 1 aromatic carbocycles. The average Bonchev–Trinajstić information content (AvgIpc) is 3.10. The van der Waals surface area contributed by atoms with Crippen LogP contribution in [0.4, 0.5) is 0 Å². The van der Waals surface area contributed by atoms with Crippen molar-refractivity contribution in [3.8, 4) is 11.4 Å². The summed E-state index contributed by atoms with van der Waals surface area (Å²) < 4.78 is 4.52. The number of halogens is 1. The van der Waals surface area contributed by atoms with Gasteiger partial charge in [-0.05, 0) is 47.5 Å². The van der Waals surface area contributed by atoms with Crippen molar-refractivity contribution in [2.24, 2.45) is 0 Å². The molecule has 0 saturated heterocycles. The molecule has 0 fully saturated rings. The molecule has 29 heavy (non-hydrogen) atoms. The fourth-order valence-corrected chi connectivity index (χ4v) is 4.35. The minimum Gasteiger partial charge on any atom is -0.302 e. The summed E-state index contributed by atoms with van der Waals surface area (Å²) in [5.74, 6) is 1.42. The van der Waals surface area contributed by atoms with Crippen LogP contribution in [0.15, 0.2) is 63.1 Å². The molecule has 8 heteroatoms. The summed E-state index contributed by atoms with van der Waals surface area (Å²) in [7, 11) is 0. The Morgan fingerprint density at radius 1 is 1.14 bits per heavy atom. The minimum absolute atomic E-state index is 0.0950. The Morgan fingerprint density at radius 3 is 2.79 bits per heavy atom. The van der Waals surface area contributed by atoms with E-state index in [2.05, 4.69) is 67.7 Å². The molecule has 4 rings (SSSR count). The van der Waals surface area contributed by atoms with Crippen molar-refractivity contribution in [3.63, 3.8) is 0 Å². The van der Waals surface area contributed by atoms with Crippen LogP contribution in [0.3, 0.4) is 0 Å². The van der Waals surface area contributed by atoms with Gasteiger partial charge in [0.15, 0.2) is 11.0 Å². The molecule has 3 aromatic heterocycles. The van der Waals surface area contributed by atoms with Gasteiger partial charge in [0, 0.05) is 34.6 Å². The SMILES string of the molecule is CCCn1c(SCc2cc(=O)n3cc(Br)ccc3n2)nnc1-c1cccc(C)c1. The zero-order chi connectivity index (χ0) is 20.4. The summed E-state index contributed by atoms with van der Waals surface area (Å²) in [6.07, 6.45) is 2.71. The van der Waals surface area contributed by atoms with Crippen LogP contribution in [-0.2, 0) is 12.3 Å². The van der Waals surface area contributed by atoms with Crippen LogP contribution in [0, 0.1) is 6.92 Å². The highest BCUT2D eigenvalue weighted by molar-refractivity contribution is 9.10. The van der Waals surface area contributed by atoms with Crippen LogP contribution in [0.25, 0.3) is 17.0 Å². The summed E-state index contributed by atoms with van der Waals surface area (Å²) in [4.78, 5) is 17.0. The zero-order valence-corrected chi connectivity index (χ0v) is 18.6. The van der Waals surface area contributed by atoms with E-state index in [0.29, 0.717) is 11.4 Å². The molecule has 0 unspecified atom stereocenters. The van der Waals surface area contributed by atoms with Crippen LogP contribution < -0.4 is 5.56 Å². The highest BCUT2D eigenvalue weighted by Crippen LogP contribution is 2.26. The van der Waals surface area contributed by atoms with Gasteiger partial charge in [0.25, 0.3) is 5.56 Å². The second kappa shape index (κ2) is 8.51. The first-order valence-corrected chi connectivity index (χ1v) is 11.1. The molecule has 0 N–H and O–H groups in total. The molecular formula is C21H20BrN5OS. The Morgan fingerprint density at radius 2 is 2.00 bits per heavy atom. The Bertz CT molecular complexity index is 1230. The van der Waals surface area contributed by atoms with Crippen molar-refractivity contribution in [1.82, 2.24) is 24.1 Å². The molecule has 0 aliphatic rings. The summed E-state index contributed by atoms with van der Waals surface area (Å²) in [6, 6.07) is 13.6. The third kappa shape index (κ3) is 4.28. The summed E-state index contributed by atoms with van der Waals surface area (Å²) in [5, 5.41) is 9.68. The standard InChI is InChI=1S/C21H20BrN5OS/c1-3-9-26-20(15-6-4-5-14(2)10-15)24-25-21(26)29-13-17-11-19(28)27-12-16(22)7-8-18(27)23-17/h4-8,10-12H,3,9,13H2,1-2H3. The molecule has 0 aliphatic carbocycles. The number of rotatable bonds is 6. The van der Waals surface area contributed by atoms with E-state index in [1.54, 1.807) is 24.0 Å². The smallest absolute Gasteiger partial charge is 0.258 e. The van der Waals surface area contributed by atoms with Gasteiger partial charge >= 0.3 is 0 Å². The first-order chi connectivity index (χ1) is 14.0. The predicted octanol–water partition coefficient (Wildman–Crippen LogP) is 4.73. The average molecular weight is 470 g/mol. The molecule has 0 bridgehead atoms. The van der Waals surface area contributed by atoms with Gasteiger partial charge in [-0.15, -0.1) is 10.2 Å². The van der Waals surface area contributed by atoms with Gasteiger partial charge < -0.3 is 4.57 Å². The van der Waals surface area contributed by atoms with E-state index in [1.165, 1.54) is 9.96 Å². The highest BCUT2D eigenvalue weighted by atomic mass is 79.9. The summed E-state index contributed by atoms with van der Waals surface area (Å²) in [6.45, 7) is 5.04. The minimum atomic E-state index is -0.0950. The number of aromatic nitrogens is 5. The van der Waals surface area contributed by atoms with Crippen LogP contribution in [0.2, 0.25) is 0 Å². The molecule has 0 saturated carbocycles. The third-order valence-electron chi connectivity index (χ3n) is 4.47. The van der Waals surface area contributed by atoms with Gasteiger partial charge in [0.2, 0.25) is 0 Å². The second-order valence-electron chi connectivity index (χ2n) is 6.78. The predicted molar refractivity (Wildman–Crippen MR) is 119 cm³/mol. The van der Waals surface area contributed by atoms with Gasteiger partial charge in [-0.3, -0.25) is 9.20 Å². The third-order valence-corrected chi connectivity index (χ3v) is 5.94. The lowest BCUT2D eigenvalue weighted by molar-refractivity contribution is 0.626. The van der Waals surface area contributed by atoms with Crippen molar-refractivity contribution in [1.29, 1.82) is 0 Å². The Hall–Kier alpha value is -2.45. The Balaban J connectivity index is 1.62. The lowest BCUT2D eigenvalue weighted by Crippen LogP contribution is -2.15. The summed E-state index contributed by atoms with van der Waals surface area (Å²) in [5.41, 5.74) is 3.51.